The highest BCUT2D eigenvalue weighted by molar-refractivity contribution is 5.96. The second kappa shape index (κ2) is 8.30. The third kappa shape index (κ3) is 4.42. The Morgan fingerprint density at radius 1 is 1.11 bits per heavy atom. The number of fused-ring (bicyclic) bond motifs is 1. The molecule has 5 heteroatoms. The summed E-state index contributed by atoms with van der Waals surface area (Å²) in [5.74, 6) is -0.551. The summed E-state index contributed by atoms with van der Waals surface area (Å²) in [6.07, 6.45) is 0.721. The number of rotatable bonds is 6. The molecule has 0 spiro atoms. The number of hydrogen-bond acceptors (Lipinski definition) is 4. The van der Waals surface area contributed by atoms with Gasteiger partial charge in [-0.1, -0.05) is 44.2 Å². The minimum Gasteiger partial charge on any atom is -0.464 e. The van der Waals surface area contributed by atoms with Crippen molar-refractivity contribution in [3.8, 4) is 0 Å². The van der Waals surface area contributed by atoms with Gasteiger partial charge in [0.2, 0.25) is 0 Å². The maximum Gasteiger partial charge on any atom is 0.311 e. The van der Waals surface area contributed by atoms with Gasteiger partial charge in [0.15, 0.2) is 6.10 Å². The molecule has 0 radical (unpaired) electrons. The predicted molar refractivity (Wildman–Crippen MR) is 109 cm³/mol. The normalized spacial score (nSPS) is 12.2. The highest BCUT2D eigenvalue weighted by Crippen LogP contribution is 2.25. The number of ether oxygens (including phenoxy) is 1. The summed E-state index contributed by atoms with van der Waals surface area (Å²) in [7, 11) is 0. The van der Waals surface area contributed by atoms with Crippen LogP contribution in [-0.2, 0) is 20.7 Å². The summed E-state index contributed by atoms with van der Waals surface area (Å²) in [6.45, 7) is 7.67. The monoisotopic (exact) mass is 379 g/mol. The number of furan rings is 1. The Bertz CT molecular complexity index is 1000. The summed E-state index contributed by atoms with van der Waals surface area (Å²) < 4.78 is 10.8. The number of carbonyl (C=O) groups excluding carboxylic acids is 2. The van der Waals surface area contributed by atoms with Crippen molar-refractivity contribution in [3.05, 3.63) is 65.4 Å². The largest absolute Gasteiger partial charge is 0.464 e. The average Bonchev–Trinajstić information content (AvgIpc) is 3.03. The molecule has 3 rings (SSSR count). The molecule has 28 heavy (non-hydrogen) atoms. The van der Waals surface area contributed by atoms with Gasteiger partial charge in [0.25, 0.3) is 5.91 Å². The molecule has 1 atom stereocenters. The van der Waals surface area contributed by atoms with Crippen LogP contribution in [-0.4, -0.2) is 18.0 Å². The Balaban J connectivity index is 1.63. The van der Waals surface area contributed by atoms with Crippen LogP contribution in [0, 0.1) is 6.92 Å². The zero-order chi connectivity index (χ0) is 20.3. The van der Waals surface area contributed by atoms with Gasteiger partial charge in [-0.05, 0) is 43.0 Å². The lowest BCUT2D eigenvalue weighted by molar-refractivity contribution is -0.152. The minimum absolute atomic E-state index is 0.0518. The number of aryl methyl sites for hydroxylation is 1. The second-order valence-corrected chi connectivity index (χ2v) is 7.30. The maximum atomic E-state index is 12.5. The average molecular weight is 379 g/mol. The number of amides is 1. The van der Waals surface area contributed by atoms with Crippen molar-refractivity contribution in [3.63, 3.8) is 0 Å². The zero-order valence-corrected chi connectivity index (χ0v) is 16.6. The number of para-hydroxylation sites is 1. The maximum absolute atomic E-state index is 12.5. The van der Waals surface area contributed by atoms with E-state index in [-0.39, 0.29) is 18.2 Å². The van der Waals surface area contributed by atoms with Crippen LogP contribution in [0.25, 0.3) is 11.0 Å². The summed E-state index contributed by atoms with van der Waals surface area (Å²) >= 11 is 0. The molecule has 0 bridgehead atoms. The topological polar surface area (TPSA) is 68.5 Å². The molecule has 0 aliphatic rings. The Morgan fingerprint density at radius 2 is 1.86 bits per heavy atom. The van der Waals surface area contributed by atoms with Crippen LogP contribution in [0.2, 0.25) is 0 Å². The molecule has 146 valence electrons. The van der Waals surface area contributed by atoms with Crippen LogP contribution in [0.4, 0.5) is 5.69 Å². The molecule has 0 saturated heterocycles. The molecule has 1 aromatic heterocycles. The smallest absolute Gasteiger partial charge is 0.311 e. The Hall–Kier alpha value is -3.08. The van der Waals surface area contributed by atoms with Gasteiger partial charge in [-0.3, -0.25) is 9.59 Å². The molecule has 0 unspecified atom stereocenters. The van der Waals surface area contributed by atoms with Crippen LogP contribution in [0.15, 0.2) is 53.1 Å². The molecule has 1 amide bonds. The van der Waals surface area contributed by atoms with E-state index in [0.717, 1.165) is 33.3 Å². The second-order valence-electron chi connectivity index (χ2n) is 7.30. The fourth-order valence-electron chi connectivity index (χ4n) is 3.12. The number of benzene rings is 2. The van der Waals surface area contributed by atoms with Gasteiger partial charge in [-0.2, -0.15) is 0 Å². The molecular weight excluding hydrogens is 354 g/mol. The fraction of sp³-hybridized carbons (Fsp3) is 0.304. The van der Waals surface area contributed by atoms with E-state index in [2.05, 4.69) is 19.2 Å². The van der Waals surface area contributed by atoms with Gasteiger partial charge in [-0.15, -0.1) is 0 Å². The molecule has 0 fully saturated rings. The van der Waals surface area contributed by atoms with E-state index in [1.165, 1.54) is 0 Å². The van der Waals surface area contributed by atoms with Gasteiger partial charge in [-0.25, -0.2) is 0 Å². The van der Waals surface area contributed by atoms with Crippen LogP contribution in [0.1, 0.15) is 43.4 Å². The first kappa shape index (κ1) is 19.7. The molecule has 5 nitrogen and oxygen atoms in total. The molecule has 1 heterocycles. The lowest BCUT2D eigenvalue weighted by Gasteiger charge is -2.17. The van der Waals surface area contributed by atoms with Crippen LogP contribution >= 0.6 is 0 Å². The van der Waals surface area contributed by atoms with Gasteiger partial charge >= 0.3 is 5.97 Å². The van der Waals surface area contributed by atoms with Crippen molar-refractivity contribution in [1.82, 2.24) is 0 Å². The number of carbonyl (C=O) groups is 2. The van der Waals surface area contributed by atoms with Gasteiger partial charge in [0.05, 0.1) is 12.7 Å². The predicted octanol–water partition coefficient (Wildman–Crippen LogP) is 4.98. The third-order valence-corrected chi connectivity index (χ3v) is 4.66. The Labute approximate surface area is 164 Å². The third-order valence-electron chi connectivity index (χ3n) is 4.66. The van der Waals surface area contributed by atoms with Crippen LogP contribution < -0.4 is 5.32 Å². The molecule has 0 saturated carbocycles. The van der Waals surface area contributed by atoms with Gasteiger partial charge in [0.1, 0.15) is 5.58 Å². The van der Waals surface area contributed by atoms with Gasteiger partial charge in [0, 0.05) is 16.6 Å². The van der Waals surface area contributed by atoms with E-state index in [1.54, 1.807) is 13.2 Å². The molecule has 0 aliphatic heterocycles. The summed E-state index contributed by atoms with van der Waals surface area (Å²) in [5, 5.41) is 3.74. The van der Waals surface area contributed by atoms with E-state index in [4.69, 9.17) is 9.15 Å². The first-order valence-corrected chi connectivity index (χ1v) is 9.41. The zero-order valence-electron chi connectivity index (χ0n) is 16.6. The summed E-state index contributed by atoms with van der Waals surface area (Å²) in [6, 6.07) is 13.4. The van der Waals surface area contributed by atoms with Crippen molar-refractivity contribution >= 4 is 28.5 Å². The summed E-state index contributed by atoms with van der Waals surface area (Å²) in [4.78, 5) is 24.8. The number of esters is 1. The molecule has 2 aromatic carbocycles. The van der Waals surface area contributed by atoms with E-state index >= 15 is 0 Å². The standard InChI is InChI=1S/C23H25NO4/c1-14(2)18-7-5-6-8-20(18)24-23(26)16(4)28-22(25)12-17-13-27-21-11-15(3)9-10-19(17)21/h5-11,13-14,16H,12H2,1-4H3,(H,24,26)/t16-/m1/s1. The van der Waals surface area contributed by atoms with Crippen LogP contribution in [0.5, 0.6) is 0 Å². The van der Waals surface area contributed by atoms with E-state index in [9.17, 15) is 9.59 Å². The molecular formula is C23H25NO4. The van der Waals surface area contributed by atoms with Crippen LogP contribution in [0.3, 0.4) is 0 Å². The number of anilines is 1. The first-order valence-electron chi connectivity index (χ1n) is 9.41. The number of hydrogen-bond donors (Lipinski definition) is 1. The minimum atomic E-state index is -0.895. The highest BCUT2D eigenvalue weighted by Gasteiger charge is 2.20. The lowest BCUT2D eigenvalue weighted by Crippen LogP contribution is -2.30. The molecule has 3 aromatic rings. The van der Waals surface area contributed by atoms with Crippen molar-refractivity contribution < 1.29 is 18.7 Å². The highest BCUT2D eigenvalue weighted by atomic mass is 16.5. The Kier molecular flexibility index (Phi) is 5.83. The van der Waals surface area contributed by atoms with Gasteiger partial charge < -0.3 is 14.5 Å². The SMILES string of the molecule is Cc1ccc2c(CC(=O)O[C@H](C)C(=O)Nc3ccccc3C(C)C)coc2c1. The molecule has 1 N–H and O–H groups in total. The van der Waals surface area contributed by atoms with E-state index in [0.29, 0.717) is 0 Å². The summed E-state index contributed by atoms with van der Waals surface area (Å²) in [5.41, 5.74) is 4.34. The molecule has 0 aliphatic carbocycles. The quantitative estimate of drug-likeness (QED) is 0.614. The van der Waals surface area contributed by atoms with Crippen molar-refractivity contribution in [2.24, 2.45) is 0 Å². The van der Waals surface area contributed by atoms with Crippen molar-refractivity contribution in [2.45, 2.75) is 46.1 Å². The first-order chi connectivity index (χ1) is 13.3. The van der Waals surface area contributed by atoms with E-state index in [1.807, 2.05) is 49.4 Å². The fourth-order valence-corrected chi connectivity index (χ4v) is 3.12. The van der Waals surface area contributed by atoms with Crippen molar-refractivity contribution in [2.75, 3.05) is 5.32 Å². The van der Waals surface area contributed by atoms with Crippen molar-refractivity contribution in [1.29, 1.82) is 0 Å². The van der Waals surface area contributed by atoms with E-state index < -0.39 is 12.1 Å². The Morgan fingerprint density at radius 3 is 2.61 bits per heavy atom. The number of nitrogens with one attached hydrogen (secondary N) is 1. The lowest BCUT2D eigenvalue weighted by atomic mass is 10.0.